The highest BCUT2D eigenvalue weighted by Gasteiger charge is 2.17. The summed E-state index contributed by atoms with van der Waals surface area (Å²) in [7, 11) is 0. The van der Waals surface area contributed by atoms with Crippen molar-refractivity contribution in [2.24, 2.45) is 5.92 Å². The van der Waals surface area contributed by atoms with Gasteiger partial charge in [-0.25, -0.2) is 0 Å². The number of esters is 1. The average molecular weight is 463 g/mol. The van der Waals surface area contributed by atoms with Gasteiger partial charge in [0.15, 0.2) is 6.29 Å². The molecule has 1 aromatic carbocycles. The Morgan fingerprint density at radius 2 is 1.85 bits per heavy atom. The van der Waals surface area contributed by atoms with Crippen LogP contribution in [-0.2, 0) is 30.3 Å². The third-order valence-corrected chi connectivity index (χ3v) is 6.42. The fourth-order valence-corrected chi connectivity index (χ4v) is 4.17. The average Bonchev–Trinajstić information content (AvgIpc) is 2.85. The number of hydrogen-bond donors (Lipinski definition) is 0. The Bertz CT molecular complexity index is 645. The predicted octanol–water partition coefficient (Wildman–Crippen LogP) is 3.32. The minimum Gasteiger partial charge on any atom is -0.460 e. The maximum Gasteiger partial charge on any atom is 0.320 e. The molecule has 0 radical (unpaired) electrons. The summed E-state index contributed by atoms with van der Waals surface area (Å²) in [5.74, 6) is 0.619. The third kappa shape index (κ3) is 11.0. The number of nitrogens with zero attached hydrogens (tertiary/aromatic N) is 2. The zero-order valence-corrected chi connectivity index (χ0v) is 20.3. The van der Waals surface area contributed by atoms with Gasteiger partial charge < -0.3 is 23.8 Å². The van der Waals surface area contributed by atoms with E-state index >= 15 is 0 Å². The molecule has 0 aliphatic carbocycles. The largest absolute Gasteiger partial charge is 0.460 e. The van der Waals surface area contributed by atoms with Gasteiger partial charge in [0.1, 0.15) is 6.61 Å². The van der Waals surface area contributed by atoms with E-state index in [1.807, 2.05) is 30.3 Å². The molecular formula is C26H42N2O5. The molecule has 7 nitrogen and oxygen atoms in total. The van der Waals surface area contributed by atoms with Gasteiger partial charge in [-0.1, -0.05) is 37.3 Å². The molecule has 2 saturated heterocycles. The Morgan fingerprint density at radius 3 is 2.61 bits per heavy atom. The molecule has 2 aliphatic rings. The highest BCUT2D eigenvalue weighted by atomic mass is 16.7. The first-order chi connectivity index (χ1) is 16.2. The monoisotopic (exact) mass is 462 g/mol. The van der Waals surface area contributed by atoms with Crippen molar-refractivity contribution in [1.82, 2.24) is 9.80 Å². The number of piperidine rings is 1. The van der Waals surface area contributed by atoms with Crippen molar-refractivity contribution in [2.45, 2.75) is 51.9 Å². The van der Waals surface area contributed by atoms with E-state index in [0.29, 0.717) is 32.9 Å². The minimum absolute atomic E-state index is 0.117. The van der Waals surface area contributed by atoms with Crippen LogP contribution in [0.4, 0.5) is 0 Å². The first-order valence-corrected chi connectivity index (χ1v) is 12.6. The smallest absolute Gasteiger partial charge is 0.320 e. The van der Waals surface area contributed by atoms with Gasteiger partial charge >= 0.3 is 5.97 Å². The predicted molar refractivity (Wildman–Crippen MR) is 128 cm³/mol. The van der Waals surface area contributed by atoms with Gasteiger partial charge in [0, 0.05) is 26.2 Å². The van der Waals surface area contributed by atoms with Gasteiger partial charge in [0.25, 0.3) is 0 Å². The Morgan fingerprint density at radius 1 is 1.06 bits per heavy atom. The number of hydrogen-bond acceptors (Lipinski definition) is 7. The van der Waals surface area contributed by atoms with Crippen molar-refractivity contribution in [2.75, 3.05) is 65.7 Å². The van der Waals surface area contributed by atoms with Crippen molar-refractivity contribution in [3.8, 4) is 0 Å². The fourth-order valence-electron chi connectivity index (χ4n) is 4.17. The molecule has 1 atom stereocenters. The van der Waals surface area contributed by atoms with Crippen molar-refractivity contribution in [3.05, 3.63) is 35.9 Å². The number of ether oxygens (including phenoxy) is 4. The van der Waals surface area contributed by atoms with Crippen molar-refractivity contribution in [1.29, 1.82) is 0 Å². The SMILES string of the molecule is CC1CCN(CCOCCN(CCOC2CCCCO2)CC(=O)OCc2ccccc2)CC1. The molecule has 0 amide bonds. The van der Waals surface area contributed by atoms with Crippen LogP contribution in [0, 0.1) is 5.92 Å². The first-order valence-electron chi connectivity index (χ1n) is 12.6. The number of benzene rings is 1. The summed E-state index contributed by atoms with van der Waals surface area (Å²) in [6, 6.07) is 9.76. The Balaban J connectivity index is 1.35. The van der Waals surface area contributed by atoms with Gasteiger partial charge in [-0.05, 0) is 56.7 Å². The van der Waals surface area contributed by atoms with Gasteiger partial charge in [-0.15, -0.1) is 0 Å². The lowest BCUT2D eigenvalue weighted by Gasteiger charge is -2.30. The molecule has 33 heavy (non-hydrogen) atoms. The summed E-state index contributed by atoms with van der Waals surface area (Å²) in [5, 5.41) is 0. The molecule has 2 aliphatic heterocycles. The fraction of sp³-hybridized carbons (Fsp3) is 0.731. The number of likely N-dealkylation sites (tertiary alicyclic amines) is 1. The van der Waals surface area contributed by atoms with E-state index < -0.39 is 0 Å². The Kier molecular flexibility index (Phi) is 12.2. The lowest BCUT2D eigenvalue weighted by Crippen LogP contribution is -2.38. The van der Waals surface area contributed by atoms with Crippen LogP contribution in [-0.4, -0.2) is 87.8 Å². The van der Waals surface area contributed by atoms with Crippen LogP contribution in [0.1, 0.15) is 44.6 Å². The van der Waals surface area contributed by atoms with E-state index in [9.17, 15) is 4.79 Å². The number of rotatable bonds is 14. The summed E-state index contributed by atoms with van der Waals surface area (Å²) in [4.78, 5) is 17.0. The molecule has 2 heterocycles. The normalized spacial score (nSPS) is 20.2. The molecule has 0 bridgehead atoms. The summed E-state index contributed by atoms with van der Waals surface area (Å²) >= 11 is 0. The Hall–Kier alpha value is -1.51. The summed E-state index contributed by atoms with van der Waals surface area (Å²) in [6.07, 6.45) is 5.64. The minimum atomic E-state index is -0.227. The molecule has 2 fully saturated rings. The number of carbonyl (C=O) groups excluding carboxylic acids is 1. The second-order valence-corrected chi connectivity index (χ2v) is 9.23. The summed E-state index contributed by atoms with van der Waals surface area (Å²) in [5.41, 5.74) is 0.991. The van der Waals surface area contributed by atoms with Gasteiger partial charge in [0.2, 0.25) is 0 Å². The van der Waals surface area contributed by atoms with Crippen LogP contribution in [0.3, 0.4) is 0 Å². The van der Waals surface area contributed by atoms with Crippen LogP contribution >= 0.6 is 0 Å². The molecule has 0 saturated carbocycles. The zero-order chi connectivity index (χ0) is 23.1. The lowest BCUT2D eigenvalue weighted by atomic mass is 9.99. The van der Waals surface area contributed by atoms with E-state index in [0.717, 1.165) is 50.5 Å². The summed E-state index contributed by atoms with van der Waals surface area (Å²) in [6.45, 7) is 10.1. The molecule has 1 aromatic rings. The Labute approximate surface area is 199 Å². The highest BCUT2D eigenvalue weighted by Crippen LogP contribution is 2.15. The van der Waals surface area contributed by atoms with Crippen molar-refractivity contribution < 1.29 is 23.7 Å². The van der Waals surface area contributed by atoms with Crippen LogP contribution in [0.25, 0.3) is 0 Å². The number of carbonyl (C=O) groups is 1. The molecule has 186 valence electrons. The van der Waals surface area contributed by atoms with Crippen molar-refractivity contribution in [3.63, 3.8) is 0 Å². The molecule has 3 rings (SSSR count). The lowest BCUT2D eigenvalue weighted by molar-refractivity contribution is -0.165. The maximum atomic E-state index is 12.4. The second-order valence-electron chi connectivity index (χ2n) is 9.23. The van der Waals surface area contributed by atoms with E-state index in [1.165, 1.54) is 25.9 Å². The highest BCUT2D eigenvalue weighted by molar-refractivity contribution is 5.71. The van der Waals surface area contributed by atoms with Crippen LogP contribution in [0.2, 0.25) is 0 Å². The zero-order valence-electron chi connectivity index (χ0n) is 20.3. The molecule has 7 heteroatoms. The molecular weight excluding hydrogens is 420 g/mol. The molecule has 0 aromatic heterocycles. The quantitative estimate of drug-likeness (QED) is 0.310. The van der Waals surface area contributed by atoms with Gasteiger partial charge in [-0.2, -0.15) is 0 Å². The van der Waals surface area contributed by atoms with Crippen LogP contribution < -0.4 is 0 Å². The van der Waals surface area contributed by atoms with Crippen LogP contribution in [0.5, 0.6) is 0 Å². The van der Waals surface area contributed by atoms with Crippen LogP contribution in [0.15, 0.2) is 30.3 Å². The van der Waals surface area contributed by atoms with Gasteiger partial charge in [-0.3, -0.25) is 9.69 Å². The summed E-state index contributed by atoms with van der Waals surface area (Å²) < 4.78 is 22.9. The van der Waals surface area contributed by atoms with E-state index in [2.05, 4.69) is 16.7 Å². The first kappa shape index (κ1) is 26.1. The second kappa shape index (κ2) is 15.4. The molecule has 0 N–H and O–H groups in total. The molecule has 0 spiro atoms. The third-order valence-electron chi connectivity index (χ3n) is 6.42. The van der Waals surface area contributed by atoms with Gasteiger partial charge in [0.05, 0.1) is 26.4 Å². The molecule has 1 unspecified atom stereocenters. The van der Waals surface area contributed by atoms with E-state index in [-0.39, 0.29) is 18.8 Å². The van der Waals surface area contributed by atoms with Crippen molar-refractivity contribution >= 4 is 5.97 Å². The van der Waals surface area contributed by atoms with E-state index in [4.69, 9.17) is 18.9 Å². The standard InChI is InChI=1S/C26H42N2O5/c1-23-10-12-27(13-11-23)14-18-30-19-15-28(16-20-32-26-9-5-6-17-31-26)21-25(29)33-22-24-7-3-2-4-8-24/h2-4,7-8,23,26H,5-6,9-22H2,1H3. The maximum absolute atomic E-state index is 12.4. The topological polar surface area (TPSA) is 60.5 Å². The van der Waals surface area contributed by atoms with E-state index in [1.54, 1.807) is 0 Å².